The molecule has 10 heteroatoms. The number of nitrogens with zero attached hydrogens (tertiary/aromatic N) is 1. The second-order valence-corrected chi connectivity index (χ2v) is 10.3. The minimum atomic E-state index is -3.65. The predicted octanol–water partition coefficient (Wildman–Crippen LogP) is 4.70. The fourth-order valence-electron chi connectivity index (χ4n) is 3.30. The van der Waals surface area contributed by atoms with E-state index in [1.54, 1.807) is 36.4 Å². The largest absolute Gasteiger partial charge is 0.507 e. The summed E-state index contributed by atoms with van der Waals surface area (Å²) in [6.45, 7) is 0. The highest BCUT2D eigenvalue weighted by Gasteiger charge is 2.21. The Hall–Kier alpha value is -3.07. The van der Waals surface area contributed by atoms with Gasteiger partial charge in [0.25, 0.3) is 0 Å². The summed E-state index contributed by atoms with van der Waals surface area (Å²) in [5.41, 5.74) is 0.841. The summed E-state index contributed by atoms with van der Waals surface area (Å²) in [6.07, 6.45) is 1.60. The first-order valence-electron chi connectivity index (χ1n) is 9.29. The molecule has 0 saturated heterocycles. The third-order valence-corrected chi connectivity index (χ3v) is 6.30. The lowest BCUT2D eigenvalue weighted by atomic mass is 10.0. The number of hydrogen-bond donors (Lipinski definition) is 2. The van der Waals surface area contributed by atoms with E-state index < -0.39 is 20.2 Å². The number of phenols is 2. The molecular formula is C22H15Cl2NO6S. The molecule has 7 nitrogen and oxygen atoms in total. The summed E-state index contributed by atoms with van der Waals surface area (Å²) >= 11 is 6.24. The van der Waals surface area contributed by atoms with E-state index in [2.05, 4.69) is 4.98 Å². The van der Waals surface area contributed by atoms with Gasteiger partial charge in [-0.3, -0.25) is 9.78 Å². The molecule has 0 spiro atoms. The maximum atomic E-state index is 12.8. The molecule has 0 saturated carbocycles. The molecule has 4 rings (SSSR count). The van der Waals surface area contributed by atoms with Crippen molar-refractivity contribution in [2.75, 3.05) is 5.75 Å². The van der Waals surface area contributed by atoms with Gasteiger partial charge < -0.3 is 14.6 Å². The number of rotatable bonds is 5. The van der Waals surface area contributed by atoms with Crippen LogP contribution in [0, 0.1) is 0 Å². The van der Waals surface area contributed by atoms with Gasteiger partial charge in [-0.05, 0) is 30.2 Å². The first kappa shape index (κ1) is 22.1. The maximum absolute atomic E-state index is 12.8. The van der Waals surface area contributed by atoms with Crippen molar-refractivity contribution in [1.82, 2.24) is 4.98 Å². The van der Waals surface area contributed by atoms with Gasteiger partial charge in [0.05, 0.1) is 22.0 Å². The normalized spacial score (nSPS) is 11.7. The molecule has 0 unspecified atom stereocenters. The minimum Gasteiger partial charge on any atom is -0.507 e. The molecule has 0 bridgehead atoms. The summed E-state index contributed by atoms with van der Waals surface area (Å²) in [4.78, 5) is 17.1. The predicted molar refractivity (Wildman–Crippen MR) is 123 cm³/mol. The van der Waals surface area contributed by atoms with Gasteiger partial charge in [0, 0.05) is 34.6 Å². The van der Waals surface area contributed by atoms with Crippen molar-refractivity contribution in [1.29, 1.82) is 0 Å². The Kier molecular flexibility index (Phi) is 5.85. The number of aryl methyl sites for hydroxylation is 1. The minimum absolute atomic E-state index is 0.0616. The second-order valence-electron chi connectivity index (χ2n) is 6.99. The van der Waals surface area contributed by atoms with Crippen molar-refractivity contribution in [3.63, 3.8) is 0 Å². The Balaban J connectivity index is 1.89. The van der Waals surface area contributed by atoms with Crippen LogP contribution in [0.2, 0.25) is 5.02 Å². The van der Waals surface area contributed by atoms with Crippen LogP contribution in [0.4, 0.5) is 0 Å². The fraction of sp³-hybridized carbons (Fsp3) is 0.0909. The highest BCUT2D eigenvalue weighted by molar-refractivity contribution is 8.13. The van der Waals surface area contributed by atoms with Crippen molar-refractivity contribution in [2.24, 2.45) is 0 Å². The van der Waals surface area contributed by atoms with Gasteiger partial charge in [0.2, 0.25) is 9.05 Å². The van der Waals surface area contributed by atoms with E-state index in [4.69, 9.17) is 26.7 Å². The lowest BCUT2D eigenvalue weighted by Gasteiger charge is -2.12. The zero-order chi connectivity index (χ0) is 23.0. The number of phenolic OH excluding ortho intramolecular Hbond substituents is 2. The summed E-state index contributed by atoms with van der Waals surface area (Å²) in [7, 11) is 1.60. The number of hydrogen-bond acceptors (Lipinski definition) is 7. The quantitative estimate of drug-likeness (QED) is 0.388. The molecule has 0 atom stereocenters. The lowest BCUT2D eigenvalue weighted by molar-refractivity contribution is 0.453. The van der Waals surface area contributed by atoms with Crippen LogP contribution in [0.1, 0.15) is 5.56 Å². The Bertz CT molecular complexity index is 1500. The van der Waals surface area contributed by atoms with Gasteiger partial charge in [-0.25, -0.2) is 8.42 Å². The van der Waals surface area contributed by atoms with Crippen molar-refractivity contribution < 1.29 is 23.0 Å². The number of fused-ring (bicyclic) bond motifs is 1. The summed E-state index contributed by atoms with van der Waals surface area (Å²) in [5.74, 6) is -0.884. The molecular weight excluding hydrogens is 477 g/mol. The molecule has 0 radical (unpaired) electrons. The van der Waals surface area contributed by atoms with E-state index in [0.717, 1.165) is 6.07 Å². The van der Waals surface area contributed by atoms with E-state index in [-0.39, 0.29) is 45.9 Å². The molecule has 0 aliphatic carbocycles. The highest BCUT2D eigenvalue weighted by Crippen LogP contribution is 2.41. The van der Waals surface area contributed by atoms with E-state index in [1.165, 1.54) is 12.3 Å². The topological polar surface area (TPSA) is 118 Å². The molecule has 2 aromatic carbocycles. The standard InChI is InChI=1S/C22H15Cl2NO6S/c23-14-4-2-1-3-13(14)19-10-18(28)21-17(27)9-16(26)20(22(21)31-19)15-6-5-12(11-25-15)7-8-32(24,29)30/h1-6,9-11,26-27H,7-8H2. The van der Waals surface area contributed by atoms with Gasteiger partial charge in [-0.2, -0.15) is 0 Å². The zero-order valence-electron chi connectivity index (χ0n) is 16.2. The number of aromatic hydroxyl groups is 2. The van der Waals surface area contributed by atoms with E-state index in [9.17, 15) is 23.4 Å². The van der Waals surface area contributed by atoms with Crippen LogP contribution in [-0.4, -0.2) is 29.4 Å². The number of pyridine rings is 1. The highest BCUT2D eigenvalue weighted by atomic mass is 35.7. The molecule has 0 aliphatic heterocycles. The molecule has 0 aliphatic rings. The average Bonchev–Trinajstić information content (AvgIpc) is 2.72. The fourth-order valence-corrected chi connectivity index (χ4v) is 4.24. The van der Waals surface area contributed by atoms with Crippen molar-refractivity contribution in [3.05, 3.63) is 75.5 Å². The van der Waals surface area contributed by atoms with Gasteiger partial charge in [-0.1, -0.05) is 29.8 Å². The third-order valence-electron chi connectivity index (χ3n) is 4.82. The molecule has 2 aromatic heterocycles. The van der Waals surface area contributed by atoms with E-state index in [0.29, 0.717) is 16.1 Å². The van der Waals surface area contributed by atoms with Crippen LogP contribution in [0.15, 0.2) is 63.9 Å². The third kappa shape index (κ3) is 4.43. The van der Waals surface area contributed by atoms with Crippen molar-refractivity contribution >= 4 is 42.3 Å². The number of benzene rings is 2. The molecule has 4 aromatic rings. The van der Waals surface area contributed by atoms with Gasteiger partial charge in [0.15, 0.2) is 11.0 Å². The zero-order valence-corrected chi connectivity index (χ0v) is 18.6. The van der Waals surface area contributed by atoms with Crippen LogP contribution >= 0.6 is 22.3 Å². The Morgan fingerprint density at radius 3 is 2.44 bits per heavy atom. The average molecular weight is 492 g/mol. The van der Waals surface area contributed by atoms with Crippen LogP contribution in [0.5, 0.6) is 11.5 Å². The Labute approximate surface area is 191 Å². The van der Waals surface area contributed by atoms with Gasteiger partial charge in [-0.15, -0.1) is 0 Å². The van der Waals surface area contributed by atoms with Crippen molar-refractivity contribution in [2.45, 2.75) is 6.42 Å². The monoisotopic (exact) mass is 491 g/mol. The molecule has 2 N–H and O–H groups in total. The molecule has 2 heterocycles. The first-order valence-corrected chi connectivity index (χ1v) is 12.1. The van der Waals surface area contributed by atoms with Crippen LogP contribution < -0.4 is 5.43 Å². The molecule has 0 fully saturated rings. The maximum Gasteiger partial charge on any atom is 0.232 e. The summed E-state index contributed by atoms with van der Waals surface area (Å²) in [6, 6.07) is 12.2. The summed E-state index contributed by atoms with van der Waals surface area (Å²) in [5, 5.41) is 21.1. The Morgan fingerprint density at radius 2 is 1.78 bits per heavy atom. The number of halogens is 2. The summed E-state index contributed by atoms with van der Waals surface area (Å²) < 4.78 is 28.3. The van der Waals surface area contributed by atoms with Gasteiger partial charge in [0.1, 0.15) is 22.6 Å². The smallest absolute Gasteiger partial charge is 0.232 e. The van der Waals surface area contributed by atoms with E-state index in [1.807, 2.05) is 0 Å². The van der Waals surface area contributed by atoms with Gasteiger partial charge >= 0.3 is 0 Å². The number of aromatic nitrogens is 1. The van der Waals surface area contributed by atoms with Crippen molar-refractivity contribution in [3.8, 4) is 34.1 Å². The molecule has 32 heavy (non-hydrogen) atoms. The Morgan fingerprint density at radius 1 is 1.03 bits per heavy atom. The molecule has 0 amide bonds. The van der Waals surface area contributed by atoms with Crippen LogP contribution in [-0.2, 0) is 15.5 Å². The SMILES string of the molecule is O=c1cc(-c2ccccc2Cl)oc2c(-c3ccc(CCS(=O)(=O)Cl)cn3)c(O)cc(O)c12. The molecule has 164 valence electrons. The van der Waals surface area contributed by atoms with E-state index >= 15 is 0 Å². The second kappa shape index (κ2) is 8.46. The lowest BCUT2D eigenvalue weighted by Crippen LogP contribution is -2.03. The van der Waals surface area contributed by atoms with Crippen LogP contribution in [0.25, 0.3) is 33.6 Å². The first-order chi connectivity index (χ1) is 15.1. The van der Waals surface area contributed by atoms with Crippen LogP contribution in [0.3, 0.4) is 0 Å².